The van der Waals surface area contributed by atoms with E-state index in [1.165, 1.54) is 0 Å². The zero-order chi connectivity index (χ0) is 10.8. The molecule has 0 aromatic rings. The van der Waals surface area contributed by atoms with Gasteiger partial charge in [-0.05, 0) is 0 Å². The van der Waals surface area contributed by atoms with Crippen molar-refractivity contribution in [3.63, 3.8) is 0 Å². The fraction of sp³-hybridized carbons (Fsp3) is 0.200. The van der Waals surface area contributed by atoms with E-state index in [4.69, 9.17) is 0 Å². The van der Waals surface area contributed by atoms with Gasteiger partial charge in [-0.25, -0.2) is 0 Å². The Bertz CT molecular complexity index is 332. The van der Waals surface area contributed by atoms with Gasteiger partial charge in [0.25, 0.3) is 0 Å². The fourth-order valence-electron chi connectivity index (χ4n) is 2.45. The molecule has 0 unspecified atom stereocenters. The fourth-order valence-corrected chi connectivity index (χ4v) is 14.0. The number of rotatable bonds is 3. The Labute approximate surface area is 105 Å². The van der Waals surface area contributed by atoms with E-state index in [1.54, 1.807) is 0 Å². The molecule has 0 aromatic heterocycles. The molecule has 0 fully saturated rings. The molecule has 0 saturated carbocycles. The van der Waals surface area contributed by atoms with Crippen LogP contribution in [0.4, 0.5) is 0 Å². The summed E-state index contributed by atoms with van der Waals surface area (Å²) in [4.78, 5) is 0. The molecule has 16 heavy (non-hydrogen) atoms. The van der Waals surface area contributed by atoms with Crippen LogP contribution in [0.1, 0.15) is 0 Å². The van der Waals surface area contributed by atoms with Crippen molar-refractivity contribution in [2.45, 2.75) is 10.9 Å². The van der Waals surface area contributed by atoms with E-state index in [2.05, 4.69) is 72.9 Å². The number of hydrogen-bond acceptors (Lipinski definition) is 0. The van der Waals surface area contributed by atoms with Gasteiger partial charge in [-0.3, -0.25) is 0 Å². The van der Waals surface area contributed by atoms with Gasteiger partial charge in [0.2, 0.25) is 0 Å². The Balaban J connectivity index is 1.87. The van der Waals surface area contributed by atoms with Crippen LogP contribution in [0.15, 0.2) is 72.9 Å². The predicted octanol–water partition coefficient (Wildman–Crippen LogP) is 3.97. The van der Waals surface area contributed by atoms with Crippen LogP contribution in [0.2, 0.25) is 10.9 Å². The molecule has 1 heteroatoms. The normalized spacial score (nSPS) is 23.8. The molecule has 0 heterocycles. The van der Waals surface area contributed by atoms with E-state index in [0.717, 1.165) is 10.9 Å². The maximum absolute atomic E-state index is 2.41. The Morgan fingerprint density at radius 3 is 0.938 bits per heavy atom. The Kier molecular flexibility index (Phi) is 3.06. The van der Waals surface area contributed by atoms with Crippen LogP contribution in [-0.2, 0) is 0 Å². The van der Waals surface area contributed by atoms with Crippen LogP contribution in [-0.4, -0.2) is 21.8 Å². The van der Waals surface area contributed by atoms with Crippen LogP contribution in [0.25, 0.3) is 0 Å². The third kappa shape index (κ3) is 1.94. The molecule has 0 spiro atoms. The van der Waals surface area contributed by atoms with E-state index < -0.39 is 21.8 Å². The molecule has 0 radical (unpaired) electrons. The Morgan fingerprint density at radius 2 is 0.688 bits per heavy atom. The van der Waals surface area contributed by atoms with Crippen molar-refractivity contribution < 1.29 is 0 Å². The van der Waals surface area contributed by atoms with Crippen LogP contribution >= 0.6 is 0 Å². The average molecular weight is 404 g/mol. The summed E-state index contributed by atoms with van der Waals surface area (Å²) in [6.07, 6.45) is 27.8. The Morgan fingerprint density at radius 1 is 0.438 bits per heavy atom. The van der Waals surface area contributed by atoms with Gasteiger partial charge in [0.1, 0.15) is 0 Å². The molecule has 3 rings (SSSR count). The first-order valence-electron chi connectivity index (χ1n) is 5.77. The van der Waals surface area contributed by atoms with E-state index in [-0.39, 0.29) is 0 Å². The molecule has 0 saturated heterocycles. The second-order valence-corrected chi connectivity index (χ2v) is 14.7. The van der Waals surface area contributed by atoms with Crippen molar-refractivity contribution in [2.75, 3.05) is 0 Å². The summed E-state index contributed by atoms with van der Waals surface area (Å²) in [5.41, 5.74) is 0. The first kappa shape index (κ1) is 10.5. The molecular formula is C15H15Bi. The monoisotopic (exact) mass is 404 g/mol. The van der Waals surface area contributed by atoms with Crippen LogP contribution in [0.5, 0.6) is 0 Å². The number of allylic oxidation sites excluding steroid dienone is 12. The van der Waals surface area contributed by atoms with Crippen LogP contribution < -0.4 is 0 Å². The second kappa shape index (κ2) is 4.67. The van der Waals surface area contributed by atoms with E-state index in [1.807, 2.05) is 0 Å². The van der Waals surface area contributed by atoms with Crippen molar-refractivity contribution in [1.82, 2.24) is 0 Å². The molecule has 3 aliphatic rings. The van der Waals surface area contributed by atoms with Gasteiger partial charge in [0, 0.05) is 0 Å². The summed E-state index contributed by atoms with van der Waals surface area (Å²) in [7, 11) is 0. The molecule has 0 nitrogen and oxygen atoms in total. The SMILES string of the molecule is C1=C[CH]([Bi]([CH]2C=CC=C2)[CH]2C=CC=C2)C=C1. The third-order valence-corrected chi connectivity index (χ3v) is 15.3. The van der Waals surface area contributed by atoms with Gasteiger partial charge >= 0.3 is 106 Å². The summed E-state index contributed by atoms with van der Waals surface area (Å²) in [6, 6.07) is 0. The van der Waals surface area contributed by atoms with E-state index >= 15 is 0 Å². The number of hydrogen-bond donors (Lipinski definition) is 0. The van der Waals surface area contributed by atoms with E-state index in [0.29, 0.717) is 0 Å². The summed E-state index contributed by atoms with van der Waals surface area (Å²) < 4.78 is 2.35. The molecule has 80 valence electrons. The van der Waals surface area contributed by atoms with Crippen LogP contribution in [0, 0.1) is 0 Å². The topological polar surface area (TPSA) is 0 Å². The van der Waals surface area contributed by atoms with Gasteiger partial charge in [0.05, 0.1) is 0 Å². The summed E-state index contributed by atoms with van der Waals surface area (Å²) in [5.74, 6) is 0. The molecule has 0 aromatic carbocycles. The Hall–Kier alpha value is -0.677. The van der Waals surface area contributed by atoms with Crippen molar-refractivity contribution in [3.8, 4) is 0 Å². The van der Waals surface area contributed by atoms with Crippen molar-refractivity contribution in [1.29, 1.82) is 0 Å². The van der Waals surface area contributed by atoms with Gasteiger partial charge in [0.15, 0.2) is 0 Å². The third-order valence-electron chi connectivity index (χ3n) is 3.22. The molecule has 3 aliphatic carbocycles. The predicted molar refractivity (Wildman–Crippen MR) is 71.8 cm³/mol. The maximum atomic E-state index is 2.41. The second-order valence-electron chi connectivity index (χ2n) is 4.23. The van der Waals surface area contributed by atoms with Crippen molar-refractivity contribution in [3.05, 3.63) is 72.9 Å². The van der Waals surface area contributed by atoms with Crippen molar-refractivity contribution >= 4 is 21.8 Å². The molecule has 0 atom stereocenters. The first-order chi connectivity index (χ1) is 7.95. The average Bonchev–Trinajstić information content (AvgIpc) is 3.02. The molecule has 0 amide bonds. The van der Waals surface area contributed by atoms with Gasteiger partial charge < -0.3 is 0 Å². The summed E-state index contributed by atoms with van der Waals surface area (Å²) in [6.45, 7) is 0. The minimum absolute atomic E-state index is 0.782. The molecular weight excluding hydrogens is 389 g/mol. The molecule has 0 aliphatic heterocycles. The molecule has 0 N–H and O–H groups in total. The van der Waals surface area contributed by atoms with Gasteiger partial charge in [-0.1, -0.05) is 0 Å². The zero-order valence-corrected chi connectivity index (χ0v) is 12.6. The first-order valence-corrected chi connectivity index (χ1v) is 11.8. The van der Waals surface area contributed by atoms with Crippen molar-refractivity contribution in [2.24, 2.45) is 0 Å². The van der Waals surface area contributed by atoms with Gasteiger partial charge in [-0.2, -0.15) is 0 Å². The van der Waals surface area contributed by atoms with Gasteiger partial charge in [-0.15, -0.1) is 0 Å². The summed E-state index contributed by atoms with van der Waals surface area (Å²) in [5, 5.41) is 0. The van der Waals surface area contributed by atoms with Crippen LogP contribution in [0.3, 0.4) is 0 Å². The van der Waals surface area contributed by atoms with E-state index in [9.17, 15) is 0 Å². The quantitative estimate of drug-likeness (QED) is 0.625. The zero-order valence-electron chi connectivity index (χ0n) is 9.11. The summed E-state index contributed by atoms with van der Waals surface area (Å²) >= 11 is -1.64. The standard InChI is InChI=1S/3C5H5.Bi/c3*1-2-4-5-3-1;/h3*1-5H;. The minimum atomic E-state index is -1.64. The molecule has 0 bridgehead atoms.